The van der Waals surface area contributed by atoms with E-state index in [-0.39, 0.29) is 24.3 Å². The van der Waals surface area contributed by atoms with Crippen LogP contribution in [0.3, 0.4) is 0 Å². The number of methoxy groups -OCH3 is 2. The van der Waals surface area contributed by atoms with E-state index in [1.54, 1.807) is 24.0 Å². The van der Waals surface area contributed by atoms with Crippen LogP contribution in [0.25, 0.3) is 10.9 Å². The molecule has 33 heavy (non-hydrogen) atoms. The maximum Gasteiger partial charge on any atom is 0.246 e. The summed E-state index contributed by atoms with van der Waals surface area (Å²) < 4.78 is 11.3. The monoisotopic (exact) mass is 447 g/mol. The van der Waals surface area contributed by atoms with Gasteiger partial charge in [0.15, 0.2) is 11.5 Å². The van der Waals surface area contributed by atoms with E-state index < -0.39 is 12.1 Å². The summed E-state index contributed by atoms with van der Waals surface area (Å²) in [6, 6.07) is 12.7. The molecule has 172 valence electrons. The first-order chi connectivity index (χ1) is 15.9. The lowest BCUT2D eigenvalue weighted by molar-refractivity contribution is -0.159. The van der Waals surface area contributed by atoms with E-state index in [4.69, 9.17) is 9.47 Å². The fourth-order valence-electron chi connectivity index (χ4n) is 5.37. The fraction of sp³-hybridized carbons (Fsp3) is 0.385. The number of hydrogen-bond donors (Lipinski definition) is 1. The number of piperazine rings is 1. The predicted molar refractivity (Wildman–Crippen MR) is 125 cm³/mol. The molecule has 7 nitrogen and oxygen atoms in total. The summed E-state index contributed by atoms with van der Waals surface area (Å²) in [6.45, 7) is 4.79. The number of amides is 2. The van der Waals surface area contributed by atoms with Gasteiger partial charge in [0.2, 0.25) is 11.8 Å². The number of fused-ring (bicyclic) bond motifs is 4. The number of ether oxygens (including phenoxy) is 2. The normalized spacial score (nSPS) is 20.3. The minimum atomic E-state index is -0.558. The Labute approximate surface area is 193 Å². The van der Waals surface area contributed by atoms with Crippen molar-refractivity contribution in [1.29, 1.82) is 0 Å². The van der Waals surface area contributed by atoms with Crippen LogP contribution in [-0.2, 0) is 16.0 Å². The van der Waals surface area contributed by atoms with Crippen molar-refractivity contribution in [1.82, 2.24) is 14.8 Å². The molecule has 1 saturated heterocycles. The Balaban J connectivity index is 1.73. The summed E-state index contributed by atoms with van der Waals surface area (Å²) in [7, 11) is 3.19. The summed E-state index contributed by atoms with van der Waals surface area (Å²) in [4.78, 5) is 34.2. The smallest absolute Gasteiger partial charge is 0.246 e. The van der Waals surface area contributed by atoms with Crippen LogP contribution in [0.5, 0.6) is 11.5 Å². The van der Waals surface area contributed by atoms with E-state index in [0.717, 1.165) is 27.7 Å². The molecule has 7 heteroatoms. The van der Waals surface area contributed by atoms with E-state index in [0.29, 0.717) is 24.5 Å². The third kappa shape index (κ3) is 3.34. The zero-order chi connectivity index (χ0) is 23.3. The molecule has 0 aliphatic carbocycles. The summed E-state index contributed by atoms with van der Waals surface area (Å²) in [5, 5.41) is 1.08. The first-order valence-electron chi connectivity index (χ1n) is 11.3. The van der Waals surface area contributed by atoms with E-state index in [9.17, 15) is 9.59 Å². The number of carbonyl (C=O) groups excluding carboxylic acids is 2. The Morgan fingerprint density at radius 2 is 1.85 bits per heavy atom. The van der Waals surface area contributed by atoms with Crippen LogP contribution in [0.4, 0.5) is 0 Å². The van der Waals surface area contributed by atoms with E-state index >= 15 is 0 Å². The molecule has 3 aromatic rings. The Morgan fingerprint density at radius 3 is 2.58 bits per heavy atom. The second-order valence-electron chi connectivity index (χ2n) is 9.18. The molecule has 2 atom stereocenters. The molecule has 2 aromatic carbocycles. The number of H-pyrrole nitrogens is 1. The van der Waals surface area contributed by atoms with Crippen molar-refractivity contribution in [3.05, 3.63) is 59.3 Å². The molecule has 1 aromatic heterocycles. The molecule has 0 unspecified atom stereocenters. The quantitative estimate of drug-likeness (QED) is 0.649. The molecule has 2 aliphatic rings. The Morgan fingerprint density at radius 1 is 1.06 bits per heavy atom. The van der Waals surface area contributed by atoms with Crippen LogP contribution >= 0.6 is 0 Å². The minimum Gasteiger partial charge on any atom is -0.493 e. The SMILES string of the molecule is COc1cccc([C@H]2c3[nH]c4ccccc4c3C[C@H]3C(=O)N(CC(C)C)CC(=O)N23)c1OC. The second kappa shape index (κ2) is 8.14. The van der Waals surface area contributed by atoms with Gasteiger partial charge in [-0.3, -0.25) is 9.59 Å². The summed E-state index contributed by atoms with van der Waals surface area (Å²) >= 11 is 0. The number of rotatable bonds is 5. The summed E-state index contributed by atoms with van der Waals surface area (Å²) in [5.74, 6) is 1.40. The highest BCUT2D eigenvalue weighted by Crippen LogP contribution is 2.46. The highest BCUT2D eigenvalue weighted by atomic mass is 16.5. The molecule has 2 aliphatic heterocycles. The maximum absolute atomic E-state index is 13.6. The molecule has 0 saturated carbocycles. The average Bonchev–Trinajstić information content (AvgIpc) is 3.18. The largest absolute Gasteiger partial charge is 0.493 e. The van der Waals surface area contributed by atoms with E-state index in [1.165, 1.54) is 0 Å². The third-order valence-corrected chi connectivity index (χ3v) is 6.66. The second-order valence-corrected chi connectivity index (χ2v) is 9.18. The van der Waals surface area contributed by atoms with Gasteiger partial charge in [-0.05, 0) is 23.6 Å². The third-order valence-electron chi connectivity index (χ3n) is 6.66. The zero-order valence-corrected chi connectivity index (χ0v) is 19.4. The molecular weight excluding hydrogens is 418 g/mol. The molecule has 5 rings (SSSR count). The number of aromatic nitrogens is 1. The van der Waals surface area contributed by atoms with Gasteiger partial charge < -0.3 is 24.3 Å². The number of benzene rings is 2. The van der Waals surface area contributed by atoms with Gasteiger partial charge in [-0.2, -0.15) is 0 Å². The van der Waals surface area contributed by atoms with Crippen molar-refractivity contribution in [2.75, 3.05) is 27.3 Å². The first kappa shape index (κ1) is 21.4. The number of nitrogens with zero attached hydrogens (tertiary/aromatic N) is 2. The van der Waals surface area contributed by atoms with Gasteiger partial charge in [-0.25, -0.2) is 0 Å². The molecular formula is C26H29N3O4. The maximum atomic E-state index is 13.6. The summed E-state index contributed by atoms with van der Waals surface area (Å²) in [6.07, 6.45) is 0.487. The van der Waals surface area contributed by atoms with Crippen LogP contribution in [0.1, 0.15) is 36.7 Å². The Hall–Kier alpha value is -3.48. The van der Waals surface area contributed by atoms with Crippen molar-refractivity contribution >= 4 is 22.7 Å². The van der Waals surface area contributed by atoms with Gasteiger partial charge in [0.05, 0.1) is 20.8 Å². The number of nitrogens with one attached hydrogen (secondary N) is 1. The average molecular weight is 448 g/mol. The van der Waals surface area contributed by atoms with E-state index in [2.05, 4.69) is 24.9 Å². The minimum absolute atomic E-state index is 0.00564. The Bertz CT molecular complexity index is 1230. The molecule has 3 heterocycles. The molecule has 1 fully saturated rings. The van der Waals surface area contributed by atoms with Crippen LogP contribution in [0.15, 0.2) is 42.5 Å². The van der Waals surface area contributed by atoms with Gasteiger partial charge in [-0.15, -0.1) is 0 Å². The molecule has 0 spiro atoms. The molecule has 1 N–H and O–H groups in total. The lowest BCUT2D eigenvalue weighted by Crippen LogP contribution is -2.63. The number of aromatic amines is 1. The van der Waals surface area contributed by atoms with Crippen LogP contribution in [-0.4, -0.2) is 59.9 Å². The van der Waals surface area contributed by atoms with Crippen LogP contribution in [0, 0.1) is 5.92 Å². The topological polar surface area (TPSA) is 74.9 Å². The van der Waals surface area contributed by atoms with Gasteiger partial charge in [-0.1, -0.05) is 44.2 Å². The van der Waals surface area contributed by atoms with Crippen molar-refractivity contribution < 1.29 is 19.1 Å². The van der Waals surface area contributed by atoms with Crippen molar-refractivity contribution in [2.24, 2.45) is 5.92 Å². The molecule has 2 amide bonds. The lowest BCUT2D eigenvalue weighted by Gasteiger charge is -2.47. The van der Waals surface area contributed by atoms with Crippen molar-refractivity contribution in [3.63, 3.8) is 0 Å². The molecule has 0 radical (unpaired) electrons. The van der Waals surface area contributed by atoms with Gasteiger partial charge >= 0.3 is 0 Å². The van der Waals surface area contributed by atoms with Crippen LogP contribution in [0.2, 0.25) is 0 Å². The Kier molecular flexibility index (Phi) is 5.27. The van der Waals surface area contributed by atoms with Crippen molar-refractivity contribution in [2.45, 2.75) is 32.4 Å². The highest BCUT2D eigenvalue weighted by molar-refractivity contribution is 5.97. The van der Waals surface area contributed by atoms with Crippen LogP contribution < -0.4 is 9.47 Å². The van der Waals surface area contributed by atoms with Crippen molar-refractivity contribution in [3.8, 4) is 11.5 Å². The van der Waals surface area contributed by atoms with Gasteiger partial charge in [0.25, 0.3) is 0 Å². The highest BCUT2D eigenvalue weighted by Gasteiger charge is 2.49. The van der Waals surface area contributed by atoms with Gasteiger partial charge in [0, 0.05) is 35.1 Å². The van der Waals surface area contributed by atoms with Gasteiger partial charge in [0.1, 0.15) is 12.1 Å². The zero-order valence-electron chi connectivity index (χ0n) is 19.4. The first-order valence-corrected chi connectivity index (χ1v) is 11.3. The predicted octanol–water partition coefficient (Wildman–Crippen LogP) is 3.53. The lowest BCUT2D eigenvalue weighted by atomic mass is 9.85. The number of carbonyl (C=O) groups is 2. The number of para-hydroxylation sites is 2. The molecule has 0 bridgehead atoms. The number of hydrogen-bond acceptors (Lipinski definition) is 4. The standard InChI is InChI=1S/C26H29N3O4/c1-15(2)13-28-14-22(30)29-20(26(28)31)12-18-16-8-5-6-10-19(16)27-23(18)24(29)17-9-7-11-21(32-3)25(17)33-4/h5-11,15,20,24,27H,12-14H2,1-4H3/t20-,24-/m0/s1. The summed E-state index contributed by atoms with van der Waals surface area (Å²) in [5.41, 5.74) is 3.80. The van der Waals surface area contributed by atoms with E-state index in [1.807, 2.05) is 36.4 Å². The fourth-order valence-corrected chi connectivity index (χ4v) is 5.37.